The second-order valence-electron chi connectivity index (χ2n) is 5.17. The summed E-state index contributed by atoms with van der Waals surface area (Å²) in [5, 5.41) is 2.88. The van der Waals surface area contributed by atoms with E-state index in [1.54, 1.807) is 6.92 Å². The lowest BCUT2D eigenvalue weighted by Gasteiger charge is -2.38. The highest BCUT2D eigenvalue weighted by atomic mass is 16.5. The Morgan fingerprint density at radius 2 is 2.10 bits per heavy atom. The molecule has 1 aliphatic rings. The fourth-order valence-electron chi connectivity index (χ4n) is 2.37. The fourth-order valence-corrected chi connectivity index (χ4v) is 2.37. The van der Waals surface area contributed by atoms with Gasteiger partial charge in [-0.3, -0.25) is 14.5 Å². The first-order valence-corrected chi connectivity index (χ1v) is 7.31. The molecule has 0 radical (unpaired) electrons. The SMILES string of the molecule is CCOC(=O)C(CC)N1CCOCC1C(=O)NC(C)C. The third-order valence-corrected chi connectivity index (χ3v) is 3.25. The van der Waals surface area contributed by atoms with Crippen LogP contribution in [-0.2, 0) is 19.1 Å². The Balaban J connectivity index is 2.80. The number of carbonyl (C=O) groups is 2. The van der Waals surface area contributed by atoms with E-state index in [1.807, 2.05) is 25.7 Å². The zero-order valence-corrected chi connectivity index (χ0v) is 12.8. The van der Waals surface area contributed by atoms with Crippen LogP contribution in [0, 0.1) is 0 Å². The highest BCUT2D eigenvalue weighted by molar-refractivity contribution is 5.84. The van der Waals surface area contributed by atoms with Gasteiger partial charge in [0.25, 0.3) is 0 Å². The number of hydrogen-bond donors (Lipinski definition) is 1. The second-order valence-corrected chi connectivity index (χ2v) is 5.17. The standard InChI is InChI=1S/C14H26N2O4/c1-5-11(14(18)20-6-2)16-7-8-19-9-12(16)13(17)15-10(3)4/h10-12H,5-9H2,1-4H3,(H,15,17). The molecule has 1 heterocycles. The van der Waals surface area contributed by atoms with Crippen molar-refractivity contribution < 1.29 is 19.1 Å². The molecular weight excluding hydrogens is 260 g/mol. The van der Waals surface area contributed by atoms with Crippen LogP contribution in [0.3, 0.4) is 0 Å². The molecule has 0 spiro atoms. The van der Waals surface area contributed by atoms with Gasteiger partial charge in [0.2, 0.25) is 5.91 Å². The maximum absolute atomic E-state index is 12.2. The van der Waals surface area contributed by atoms with Crippen molar-refractivity contribution in [3.8, 4) is 0 Å². The van der Waals surface area contributed by atoms with E-state index in [0.717, 1.165) is 0 Å². The van der Waals surface area contributed by atoms with E-state index in [-0.39, 0.29) is 24.0 Å². The lowest BCUT2D eigenvalue weighted by atomic mass is 10.1. The van der Waals surface area contributed by atoms with Gasteiger partial charge in [-0.05, 0) is 27.2 Å². The summed E-state index contributed by atoms with van der Waals surface area (Å²) in [4.78, 5) is 26.2. The summed E-state index contributed by atoms with van der Waals surface area (Å²) in [7, 11) is 0. The van der Waals surface area contributed by atoms with E-state index in [9.17, 15) is 9.59 Å². The maximum atomic E-state index is 12.2. The Bertz CT molecular complexity index is 333. The molecule has 1 rings (SSSR count). The minimum Gasteiger partial charge on any atom is -0.465 e. The van der Waals surface area contributed by atoms with Crippen molar-refractivity contribution in [2.75, 3.05) is 26.4 Å². The number of ether oxygens (including phenoxy) is 2. The summed E-state index contributed by atoms with van der Waals surface area (Å²) in [6, 6.07) is -0.754. The van der Waals surface area contributed by atoms with Crippen molar-refractivity contribution in [1.29, 1.82) is 0 Å². The van der Waals surface area contributed by atoms with Crippen molar-refractivity contribution >= 4 is 11.9 Å². The minimum atomic E-state index is -0.430. The normalized spacial score (nSPS) is 21.6. The number of nitrogens with one attached hydrogen (secondary N) is 1. The number of carbonyl (C=O) groups excluding carboxylic acids is 2. The first kappa shape index (κ1) is 16.9. The molecular formula is C14H26N2O4. The molecule has 0 saturated carbocycles. The van der Waals surface area contributed by atoms with Crippen molar-refractivity contribution in [2.24, 2.45) is 0 Å². The molecule has 6 nitrogen and oxygen atoms in total. The van der Waals surface area contributed by atoms with Crippen LogP contribution in [-0.4, -0.2) is 61.3 Å². The largest absolute Gasteiger partial charge is 0.465 e. The zero-order chi connectivity index (χ0) is 15.1. The quantitative estimate of drug-likeness (QED) is 0.722. The Hall–Kier alpha value is -1.14. The first-order valence-electron chi connectivity index (χ1n) is 7.31. The van der Waals surface area contributed by atoms with Crippen LogP contribution in [0.1, 0.15) is 34.1 Å². The number of amides is 1. The van der Waals surface area contributed by atoms with Gasteiger partial charge < -0.3 is 14.8 Å². The average Bonchev–Trinajstić information content (AvgIpc) is 2.39. The molecule has 1 saturated heterocycles. The molecule has 0 aromatic carbocycles. The molecule has 0 aromatic heterocycles. The van der Waals surface area contributed by atoms with Gasteiger partial charge >= 0.3 is 5.97 Å². The summed E-state index contributed by atoms with van der Waals surface area (Å²) in [6.07, 6.45) is 0.615. The fraction of sp³-hybridized carbons (Fsp3) is 0.857. The van der Waals surface area contributed by atoms with Crippen LogP contribution in [0.15, 0.2) is 0 Å². The molecule has 0 bridgehead atoms. The Morgan fingerprint density at radius 3 is 2.65 bits per heavy atom. The lowest BCUT2D eigenvalue weighted by molar-refractivity contribution is -0.156. The highest BCUT2D eigenvalue weighted by Crippen LogP contribution is 2.15. The van der Waals surface area contributed by atoms with E-state index in [2.05, 4.69) is 5.32 Å². The molecule has 1 aliphatic heterocycles. The van der Waals surface area contributed by atoms with Crippen LogP contribution in [0.4, 0.5) is 0 Å². The topological polar surface area (TPSA) is 67.9 Å². The van der Waals surface area contributed by atoms with Gasteiger partial charge in [-0.2, -0.15) is 0 Å². The second kappa shape index (κ2) is 8.21. The summed E-state index contributed by atoms with van der Waals surface area (Å²) in [5.41, 5.74) is 0. The molecule has 0 aliphatic carbocycles. The van der Waals surface area contributed by atoms with Crippen molar-refractivity contribution in [3.63, 3.8) is 0 Å². The van der Waals surface area contributed by atoms with Gasteiger partial charge in [0.05, 0.1) is 19.8 Å². The number of morpholine rings is 1. The lowest BCUT2D eigenvalue weighted by Crippen LogP contribution is -2.59. The van der Waals surface area contributed by atoms with Crippen molar-refractivity contribution in [1.82, 2.24) is 10.2 Å². The van der Waals surface area contributed by atoms with E-state index in [1.165, 1.54) is 0 Å². The van der Waals surface area contributed by atoms with Crippen LogP contribution in [0.25, 0.3) is 0 Å². The van der Waals surface area contributed by atoms with E-state index in [0.29, 0.717) is 32.8 Å². The molecule has 2 unspecified atom stereocenters. The van der Waals surface area contributed by atoms with Crippen LogP contribution >= 0.6 is 0 Å². The predicted molar refractivity (Wildman–Crippen MR) is 75.3 cm³/mol. The van der Waals surface area contributed by atoms with Gasteiger partial charge in [-0.1, -0.05) is 6.92 Å². The molecule has 116 valence electrons. The number of rotatable bonds is 6. The highest BCUT2D eigenvalue weighted by Gasteiger charge is 2.37. The molecule has 2 atom stereocenters. The molecule has 1 fully saturated rings. The molecule has 20 heavy (non-hydrogen) atoms. The summed E-state index contributed by atoms with van der Waals surface area (Å²) in [5.74, 6) is -0.360. The maximum Gasteiger partial charge on any atom is 0.323 e. The van der Waals surface area contributed by atoms with Gasteiger partial charge in [0.15, 0.2) is 0 Å². The Kier molecular flexibility index (Phi) is 6.95. The minimum absolute atomic E-state index is 0.0638. The van der Waals surface area contributed by atoms with Gasteiger partial charge in [-0.25, -0.2) is 0 Å². The van der Waals surface area contributed by atoms with Gasteiger partial charge in [0.1, 0.15) is 12.1 Å². The molecule has 1 N–H and O–H groups in total. The number of nitrogens with zero attached hydrogens (tertiary/aromatic N) is 1. The number of hydrogen-bond acceptors (Lipinski definition) is 5. The third-order valence-electron chi connectivity index (χ3n) is 3.25. The smallest absolute Gasteiger partial charge is 0.323 e. The monoisotopic (exact) mass is 286 g/mol. The molecule has 6 heteroatoms. The number of esters is 1. The van der Waals surface area contributed by atoms with Crippen LogP contribution < -0.4 is 5.32 Å². The third kappa shape index (κ3) is 4.45. The van der Waals surface area contributed by atoms with Crippen molar-refractivity contribution in [3.05, 3.63) is 0 Å². The Morgan fingerprint density at radius 1 is 1.40 bits per heavy atom. The van der Waals surface area contributed by atoms with Gasteiger partial charge in [0, 0.05) is 12.6 Å². The first-order chi connectivity index (χ1) is 9.51. The van der Waals surface area contributed by atoms with Crippen LogP contribution in [0.2, 0.25) is 0 Å². The average molecular weight is 286 g/mol. The van der Waals surface area contributed by atoms with Crippen LogP contribution in [0.5, 0.6) is 0 Å². The summed E-state index contributed by atoms with van der Waals surface area (Å²) < 4.78 is 10.5. The molecule has 0 aromatic rings. The van der Waals surface area contributed by atoms with Crippen molar-refractivity contribution in [2.45, 2.75) is 52.2 Å². The van der Waals surface area contributed by atoms with Gasteiger partial charge in [-0.15, -0.1) is 0 Å². The van der Waals surface area contributed by atoms with E-state index in [4.69, 9.17) is 9.47 Å². The van der Waals surface area contributed by atoms with E-state index >= 15 is 0 Å². The Labute approximate surface area is 120 Å². The summed E-state index contributed by atoms with van der Waals surface area (Å²) in [6.45, 7) is 9.29. The summed E-state index contributed by atoms with van der Waals surface area (Å²) >= 11 is 0. The predicted octanol–water partition coefficient (Wildman–Crippen LogP) is 0.554. The zero-order valence-electron chi connectivity index (χ0n) is 12.8. The van der Waals surface area contributed by atoms with E-state index < -0.39 is 6.04 Å². The molecule has 1 amide bonds.